The van der Waals surface area contributed by atoms with Gasteiger partial charge >= 0.3 is 18.0 Å². The Kier molecular flexibility index (Phi) is 12.0. The van der Waals surface area contributed by atoms with E-state index in [-0.39, 0.29) is 18.7 Å². The average molecular weight is 604 g/mol. The molecule has 0 bridgehead atoms. The topological polar surface area (TPSA) is 185 Å². The van der Waals surface area contributed by atoms with Crippen LogP contribution in [0.3, 0.4) is 0 Å². The Morgan fingerprint density at radius 1 is 0.636 bits per heavy atom. The number of para-hydroxylation sites is 1. The lowest BCUT2D eigenvalue weighted by Gasteiger charge is -2.27. The molecule has 0 saturated carbocycles. The van der Waals surface area contributed by atoms with Gasteiger partial charge in [0.15, 0.2) is 0 Å². The molecule has 3 aromatic rings. The van der Waals surface area contributed by atoms with Gasteiger partial charge in [0, 0.05) is 35.7 Å². The molecular formula is C31H33N5O8. The Hall–Kier alpha value is -5.72. The van der Waals surface area contributed by atoms with Crippen LogP contribution in [-0.4, -0.2) is 81.9 Å². The highest BCUT2D eigenvalue weighted by Crippen LogP contribution is 2.16. The van der Waals surface area contributed by atoms with Gasteiger partial charge in [0.25, 0.3) is 5.91 Å². The molecule has 13 heteroatoms. The summed E-state index contributed by atoms with van der Waals surface area (Å²) >= 11 is 0. The van der Waals surface area contributed by atoms with Gasteiger partial charge in [-0.15, -0.1) is 0 Å². The van der Waals surface area contributed by atoms with Crippen molar-refractivity contribution in [2.24, 2.45) is 0 Å². The lowest BCUT2D eigenvalue weighted by atomic mass is 10.2. The number of aryl methyl sites for hydroxylation is 1. The molecule has 0 aliphatic heterocycles. The first kappa shape index (κ1) is 32.8. The van der Waals surface area contributed by atoms with Gasteiger partial charge in [-0.25, -0.2) is 4.79 Å². The number of carboxylic acid groups (broad SMARTS) is 2. The van der Waals surface area contributed by atoms with Gasteiger partial charge < -0.3 is 36.0 Å². The lowest BCUT2D eigenvalue weighted by molar-refractivity contribution is -0.141. The third kappa shape index (κ3) is 10.6. The summed E-state index contributed by atoms with van der Waals surface area (Å²) in [4.78, 5) is 75.8. The Labute approximate surface area is 253 Å². The number of carboxylic acids is 2. The third-order valence-electron chi connectivity index (χ3n) is 6.33. The fourth-order valence-corrected chi connectivity index (χ4v) is 4.04. The molecule has 0 aliphatic rings. The highest BCUT2D eigenvalue weighted by molar-refractivity contribution is 6.01. The zero-order valence-electron chi connectivity index (χ0n) is 24.0. The molecule has 0 spiro atoms. The van der Waals surface area contributed by atoms with Crippen LogP contribution in [-0.2, 0) is 19.2 Å². The number of hydrogen-bond acceptors (Lipinski definition) is 6. The minimum absolute atomic E-state index is 0.242. The quantitative estimate of drug-likeness (QED) is 0.185. The number of aliphatic carboxylic acids is 2. The second-order valence-corrected chi connectivity index (χ2v) is 9.72. The van der Waals surface area contributed by atoms with Crippen molar-refractivity contribution in [2.75, 3.05) is 42.1 Å². The van der Waals surface area contributed by atoms with Crippen molar-refractivity contribution in [1.82, 2.24) is 9.80 Å². The Bertz CT molecular complexity index is 1490. The molecule has 0 aromatic heterocycles. The Morgan fingerprint density at radius 3 is 1.77 bits per heavy atom. The second kappa shape index (κ2) is 16.1. The number of hydrogen-bond donors (Lipinski definition) is 5. The van der Waals surface area contributed by atoms with Crippen molar-refractivity contribution >= 4 is 52.8 Å². The van der Waals surface area contributed by atoms with Gasteiger partial charge in [-0.2, -0.15) is 0 Å². The summed E-state index contributed by atoms with van der Waals surface area (Å²) in [6.07, 6.45) is -0.869. The van der Waals surface area contributed by atoms with E-state index in [0.29, 0.717) is 17.1 Å². The summed E-state index contributed by atoms with van der Waals surface area (Å²) in [6.45, 7) is 0.211. The van der Waals surface area contributed by atoms with Crippen molar-refractivity contribution in [3.05, 3.63) is 90.0 Å². The molecule has 230 valence electrons. The number of carbonyl (C=O) groups is 6. The molecule has 0 aliphatic carbocycles. The highest BCUT2D eigenvalue weighted by Gasteiger charge is 2.25. The first-order chi connectivity index (χ1) is 21.0. The summed E-state index contributed by atoms with van der Waals surface area (Å²) in [6, 6.07) is 21.0. The van der Waals surface area contributed by atoms with Crippen molar-refractivity contribution in [2.45, 2.75) is 19.8 Å². The summed E-state index contributed by atoms with van der Waals surface area (Å²) < 4.78 is 0. The van der Waals surface area contributed by atoms with Crippen LogP contribution < -0.4 is 16.0 Å². The number of anilines is 3. The SMILES string of the molecule is Cc1ccccc1NC(=O)Nc1ccc(NC(=O)CN(CCC(=O)O)C(=O)CN(CCC(=O)O)C(=O)c2ccccc2)cc1. The van der Waals surface area contributed by atoms with E-state index < -0.39 is 61.6 Å². The van der Waals surface area contributed by atoms with Gasteiger partial charge in [0.1, 0.15) is 6.54 Å². The van der Waals surface area contributed by atoms with Gasteiger partial charge in [0.2, 0.25) is 11.8 Å². The van der Waals surface area contributed by atoms with Crippen LogP contribution >= 0.6 is 0 Å². The Balaban J connectivity index is 1.63. The van der Waals surface area contributed by atoms with E-state index in [1.807, 2.05) is 19.1 Å². The number of rotatable bonds is 14. The standard InChI is InChI=1S/C31H33N5O8/c1-21-7-5-6-10-25(21)34-31(44)33-24-13-11-23(12-14-24)32-26(37)19-35(17-15-28(39)40)27(38)20-36(18-16-29(41)42)30(43)22-8-3-2-4-9-22/h2-14H,15-20H2,1H3,(H,32,37)(H,39,40)(H,41,42)(H2,33,34,44). The van der Waals surface area contributed by atoms with E-state index in [4.69, 9.17) is 10.2 Å². The Morgan fingerprint density at radius 2 is 1.18 bits per heavy atom. The van der Waals surface area contributed by atoms with E-state index in [9.17, 15) is 28.8 Å². The van der Waals surface area contributed by atoms with E-state index in [0.717, 1.165) is 15.4 Å². The van der Waals surface area contributed by atoms with Gasteiger partial charge in [-0.1, -0.05) is 36.4 Å². The van der Waals surface area contributed by atoms with Crippen molar-refractivity contribution in [3.8, 4) is 0 Å². The second-order valence-electron chi connectivity index (χ2n) is 9.72. The maximum Gasteiger partial charge on any atom is 0.323 e. The predicted octanol–water partition coefficient (Wildman–Crippen LogP) is 3.50. The van der Waals surface area contributed by atoms with E-state index in [2.05, 4.69) is 16.0 Å². The van der Waals surface area contributed by atoms with E-state index in [1.54, 1.807) is 42.5 Å². The van der Waals surface area contributed by atoms with Crippen molar-refractivity contribution in [1.29, 1.82) is 0 Å². The van der Waals surface area contributed by atoms with Crippen LogP contribution in [0.5, 0.6) is 0 Å². The number of amides is 5. The number of urea groups is 1. The fraction of sp³-hybridized carbons (Fsp3) is 0.226. The van der Waals surface area contributed by atoms with Gasteiger partial charge in [-0.05, 0) is 55.0 Å². The van der Waals surface area contributed by atoms with Crippen molar-refractivity contribution in [3.63, 3.8) is 0 Å². The number of carbonyl (C=O) groups excluding carboxylic acids is 4. The van der Waals surface area contributed by atoms with Crippen LogP contribution in [0.1, 0.15) is 28.8 Å². The van der Waals surface area contributed by atoms with E-state index in [1.165, 1.54) is 24.3 Å². The van der Waals surface area contributed by atoms with Gasteiger partial charge in [0.05, 0.1) is 19.4 Å². The summed E-state index contributed by atoms with van der Waals surface area (Å²) in [5.74, 6) is -4.30. The summed E-state index contributed by atoms with van der Waals surface area (Å²) in [7, 11) is 0. The summed E-state index contributed by atoms with van der Waals surface area (Å²) in [5, 5.41) is 26.3. The minimum Gasteiger partial charge on any atom is -0.481 e. The van der Waals surface area contributed by atoms with Crippen molar-refractivity contribution < 1.29 is 39.0 Å². The molecule has 3 aromatic carbocycles. The molecule has 0 fully saturated rings. The van der Waals surface area contributed by atoms with Gasteiger partial charge in [-0.3, -0.25) is 24.0 Å². The molecule has 44 heavy (non-hydrogen) atoms. The number of nitrogens with zero attached hydrogens (tertiary/aromatic N) is 2. The summed E-state index contributed by atoms with van der Waals surface area (Å²) in [5.41, 5.74) is 2.61. The first-order valence-corrected chi connectivity index (χ1v) is 13.6. The molecule has 0 heterocycles. The predicted molar refractivity (Wildman–Crippen MR) is 162 cm³/mol. The molecule has 5 amide bonds. The highest BCUT2D eigenvalue weighted by atomic mass is 16.4. The maximum absolute atomic E-state index is 13.2. The molecule has 3 rings (SSSR count). The van der Waals surface area contributed by atoms with Crippen LogP contribution in [0, 0.1) is 6.92 Å². The fourth-order valence-electron chi connectivity index (χ4n) is 4.04. The van der Waals surface area contributed by atoms with E-state index >= 15 is 0 Å². The molecule has 0 saturated heterocycles. The number of nitrogens with one attached hydrogen (secondary N) is 3. The lowest BCUT2D eigenvalue weighted by Crippen LogP contribution is -2.46. The van der Waals surface area contributed by atoms with Crippen LogP contribution in [0.25, 0.3) is 0 Å². The molecule has 0 atom stereocenters. The first-order valence-electron chi connectivity index (χ1n) is 13.6. The molecule has 0 radical (unpaired) electrons. The zero-order chi connectivity index (χ0) is 32.1. The molecule has 13 nitrogen and oxygen atoms in total. The number of benzene rings is 3. The molecule has 0 unspecified atom stereocenters. The maximum atomic E-state index is 13.2. The monoisotopic (exact) mass is 603 g/mol. The normalized spacial score (nSPS) is 10.3. The largest absolute Gasteiger partial charge is 0.481 e. The zero-order valence-corrected chi connectivity index (χ0v) is 24.0. The van der Waals surface area contributed by atoms with Crippen LogP contribution in [0.2, 0.25) is 0 Å². The molecule has 5 N–H and O–H groups in total. The average Bonchev–Trinajstić information content (AvgIpc) is 2.99. The molecular weight excluding hydrogens is 570 g/mol. The van der Waals surface area contributed by atoms with Crippen LogP contribution in [0.15, 0.2) is 78.9 Å². The van der Waals surface area contributed by atoms with Crippen LogP contribution in [0.4, 0.5) is 21.9 Å². The third-order valence-corrected chi connectivity index (χ3v) is 6.33. The minimum atomic E-state index is -1.19. The smallest absolute Gasteiger partial charge is 0.323 e.